The van der Waals surface area contributed by atoms with E-state index in [1.54, 1.807) is 38.1 Å². The summed E-state index contributed by atoms with van der Waals surface area (Å²) in [5.41, 5.74) is 0.842. The average molecular weight is 252 g/mol. The van der Waals surface area contributed by atoms with E-state index < -0.39 is 6.10 Å². The predicted molar refractivity (Wildman–Crippen MR) is 68.4 cm³/mol. The molecule has 1 N–H and O–H groups in total. The van der Waals surface area contributed by atoms with Gasteiger partial charge in [0.25, 0.3) is 0 Å². The van der Waals surface area contributed by atoms with Crippen LogP contribution >= 0.6 is 0 Å². The molecule has 0 aliphatic rings. The Labute approximate surface area is 108 Å². The van der Waals surface area contributed by atoms with E-state index in [0.717, 1.165) is 5.56 Å². The van der Waals surface area contributed by atoms with Crippen LogP contribution in [0.25, 0.3) is 0 Å². The predicted octanol–water partition coefficient (Wildman–Crippen LogP) is 2.46. The van der Waals surface area contributed by atoms with E-state index >= 15 is 0 Å². The van der Waals surface area contributed by atoms with E-state index in [2.05, 4.69) is 0 Å². The highest BCUT2D eigenvalue weighted by molar-refractivity contribution is 5.71. The van der Waals surface area contributed by atoms with Gasteiger partial charge in [-0.1, -0.05) is 19.1 Å². The number of rotatable bonds is 6. The quantitative estimate of drug-likeness (QED) is 0.790. The van der Waals surface area contributed by atoms with Gasteiger partial charge < -0.3 is 14.6 Å². The molecule has 0 aliphatic carbocycles. The number of aliphatic hydroxyl groups is 1. The molecule has 0 fully saturated rings. The molecule has 0 saturated heterocycles. The highest BCUT2D eigenvalue weighted by Gasteiger charge is 2.07. The molecule has 100 valence electrons. The fourth-order valence-corrected chi connectivity index (χ4v) is 1.46. The second kappa shape index (κ2) is 7.01. The molecule has 1 rings (SSSR count). The van der Waals surface area contributed by atoms with Gasteiger partial charge in [-0.15, -0.1) is 0 Å². The second-order valence-electron chi connectivity index (χ2n) is 4.32. The lowest BCUT2D eigenvalue weighted by Gasteiger charge is -2.11. The molecule has 0 spiro atoms. The number of ether oxygens (including phenoxy) is 2. The Bertz CT molecular complexity index is 370. The molecule has 0 saturated carbocycles. The fourth-order valence-electron chi connectivity index (χ4n) is 1.46. The summed E-state index contributed by atoms with van der Waals surface area (Å²) < 4.78 is 10.2. The summed E-state index contributed by atoms with van der Waals surface area (Å²) in [6, 6.07) is 7.04. The molecule has 4 heteroatoms. The highest BCUT2D eigenvalue weighted by Crippen LogP contribution is 2.19. The maximum absolute atomic E-state index is 11.3. The minimum absolute atomic E-state index is 0.103. The zero-order valence-electron chi connectivity index (χ0n) is 11.1. The van der Waals surface area contributed by atoms with Gasteiger partial charge in [0.2, 0.25) is 0 Å². The largest absolute Gasteiger partial charge is 0.482 e. The molecule has 0 amide bonds. The van der Waals surface area contributed by atoms with Crippen molar-refractivity contribution in [2.45, 2.75) is 39.4 Å². The number of aliphatic hydroxyl groups excluding tert-OH is 1. The Morgan fingerprint density at radius 1 is 1.28 bits per heavy atom. The fraction of sp³-hybridized carbons (Fsp3) is 0.500. The van der Waals surface area contributed by atoms with Crippen LogP contribution in [-0.2, 0) is 9.53 Å². The summed E-state index contributed by atoms with van der Waals surface area (Å²) in [5, 5.41) is 9.62. The first-order valence-corrected chi connectivity index (χ1v) is 6.13. The first kappa shape index (κ1) is 14.5. The van der Waals surface area contributed by atoms with E-state index in [4.69, 9.17) is 9.47 Å². The summed E-state index contributed by atoms with van der Waals surface area (Å²) in [5.74, 6) is 0.199. The monoisotopic (exact) mass is 252 g/mol. The molecular weight excluding hydrogens is 232 g/mol. The van der Waals surface area contributed by atoms with Crippen molar-refractivity contribution in [1.29, 1.82) is 0 Å². The van der Waals surface area contributed by atoms with Gasteiger partial charge in [-0.05, 0) is 38.0 Å². The first-order valence-electron chi connectivity index (χ1n) is 6.13. The van der Waals surface area contributed by atoms with Crippen LogP contribution in [0.2, 0.25) is 0 Å². The van der Waals surface area contributed by atoms with E-state index in [1.807, 2.05) is 6.92 Å². The van der Waals surface area contributed by atoms with Gasteiger partial charge in [-0.3, -0.25) is 0 Å². The summed E-state index contributed by atoms with van der Waals surface area (Å²) >= 11 is 0. The van der Waals surface area contributed by atoms with Crippen LogP contribution in [0.4, 0.5) is 0 Å². The van der Waals surface area contributed by atoms with Gasteiger partial charge in [-0.25, -0.2) is 4.79 Å². The minimum Gasteiger partial charge on any atom is -0.482 e. The number of hydrogen-bond acceptors (Lipinski definition) is 4. The highest BCUT2D eigenvalue weighted by atomic mass is 16.6. The lowest BCUT2D eigenvalue weighted by Crippen LogP contribution is -2.18. The van der Waals surface area contributed by atoms with Crippen molar-refractivity contribution in [3.8, 4) is 5.75 Å². The molecule has 0 heterocycles. The van der Waals surface area contributed by atoms with Crippen LogP contribution in [0.1, 0.15) is 38.9 Å². The summed E-state index contributed by atoms with van der Waals surface area (Å²) in [4.78, 5) is 11.3. The summed E-state index contributed by atoms with van der Waals surface area (Å²) in [6.45, 7) is 5.39. The third-order valence-electron chi connectivity index (χ3n) is 2.38. The molecule has 0 bridgehead atoms. The SMILES string of the molecule is CC[C@@H](O)c1ccc(OCC(=O)OC(C)C)cc1. The molecular formula is C14H20O4. The van der Waals surface area contributed by atoms with Crippen LogP contribution in [0.3, 0.4) is 0 Å². The number of hydrogen-bond donors (Lipinski definition) is 1. The third-order valence-corrected chi connectivity index (χ3v) is 2.38. The lowest BCUT2D eigenvalue weighted by molar-refractivity contribution is -0.149. The Morgan fingerprint density at radius 3 is 2.39 bits per heavy atom. The smallest absolute Gasteiger partial charge is 0.344 e. The maximum atomic E-state index is 11.3. The van der Waals surface area contributed by atoms with Crippen molar-refractivity contribution >= 4 is 5.97 Å². The van der Waals surface area contributed by atoms with E-state index in [1.165, 1.54) is 0 Å². The van der Waals surface area contributed by atoms with E-state index in [0.29, 0.717) is 12.2 Å². The van der Waals surface area contributed by atoms with Crippen molar-refractivity contribution in [3.05, 3.63) is 29.8 Å². The average Bonchev–Trinajstić information content (AvgIpc) is 2.35. The van der Waals surface area contributed by atoms with Crippen LogP contribution in [0, 0.1) is 0 Å². The van der Waals surface area contributed by atoms with Crippen LogP contribution in [-0.4, -0.2) is 23.8 Å². The van der Waals surface area contributed by atoms with E-state index in [-0.39, 0.29) is 18.7 Å². The molecule has 0 radical (unpaired) electrons. The van der Waals surface area contributed by atoms with Gasteiger partial charge >= 0.3 is 5.97 Å². The Morgan fingerprint density at radius 2 is 1.89 bits per heavy atom. The normalized spacial score (nSPS) is 12.3. The van der Waals surface area contributed by atoms with Gasteiger partial charge in [0.1, 0.15) is 5.75 Å². The standard InChI is InChI=1S/C14H20O4/c1-4-13(15)11-5-7-12(8-6-11)17-9-14(16)18-10(2)3/h5-8,10,13,15H,4,9H2,1-3H3/t13-/m1/s1. The molecule has 18 heavy (non-hydrogen) atoms. The Balaban J connectivity index is 2.46. The summed E-state index contributed by atoms with van der Waals surface area (Å²) in [7, 11) is 0. The number of carbonyl (C=O) groups is 1. The Hall–Kier alpha value is -1.55. The van der Waals surface area contributed by atoms with Gasteiger partial charge in [0.05, 0.1) is 12.2 Å². The zero-order valence-corrected chi connectivity index (χ0v) is 11.1. The minimum atomic E-state index is -0.454. The lowest BCUT2D eigenvalue weighted by atomic mass is 10.1. The Kier molecular flexibility index (Phi) is 5.65. The van der Waals surface area contributed by atoms with Crippen molar-refractivity contribution in [2.75, 3.05) is 6.61 Å². The number of carbonyl (C=O) groups excluding carboxylic acids is 1. The van der Waals surface area contributed by atoms with Crippen molar-refractivity contribution in [2.24, 2.45) is 0 Å². The summed E-state index contributed by atoms with van der Waals surface area (Å²) in [6.07, 6.45) is 0.0779. The van der Waals surface area contributed by atoms with Crippen LogP contribution in [0.5, 0.6) is 5.75 Å². The molecule has 0 aliphatic heterocycles. The number of esters is 1. The molecule has 0 unspecified atom stereocenters. The van der Waals surface area contributed by atoms with Gasteiger partial charge in [0, 0.05) is 0 Å². The van der Waals surface area contributed by atoms with Gasteiger partial charge in [-0.2, -0.15) is 0 Å². The molecule has 1 atom stereocenters. The topological polar surface area (TPSA) is 55.8 Å². The maximum Gasteiger partial charge on any atom is 0.344 e. The zero-order chi connectivity index (χ0) is 13.5. The van der Waals surface area contributed by atoms with E-state index in [9.17, 15) is 9.90 Å². The molecule has 1 aromatic carbocycles. The van der Waals surface area contributed by atoms with Crippen LogP contribution < -0.4 is 4.74 Å². The number of benzene rings is 1. The molecule has 1 aromatic rings. The van der Waals surface area contributed by atoms with Crippen LogP contribution in [0.15, 0.2) is 24.3 Å². The van der Waals surface area contributed by atoms with Crippen molar-refractivity contribution in [3.63, 3.8) is 0 Å². The van der Waals surface area contributed by atoms with Crippen molar-refractivity contribution in [1.82, 2.24) is 0 Å². The first-order chi connectivity index (χ1) is 8.52. The van der Waals surface area contributed by atoms with Gasteiger partial charge in [0.15, 0.2) is 6.61 Å². The third kappa shape index (κ3) is 4.75. The second-order valence-corrected chi connectivity index (χ2v) is 4.32. The van der Waals surface area contributed by atoms with Crippen molar-refractivity contribution < 1.29 is 19.4 Å². The molecule has 4 nitrogen and oxygen atoms in total. The molecule has 0 aromatic heterocycles.